The highest BCUT2D eigenvalue weighted by Crippen LogP contribution is 2.31. The van der Waals surface area contributed by atoms with Crippen molar-refractivity contribution in [3.05, 3.63) is 0 Å². The van der Waals surface area contributed by atoms with Crippen LogP contribution in [0.4, 0.5) is 0 Å². The van der Waals surface area contributed by atoms with E-state index in [9.17, 15) is 5.11 Å². The van der Waals surface area contributed by atoms with Gasteiger partial charge in [0, 0.05) is 25.2 Å². The Bertz CT molecular complexity index is 231. The van der Waals surface area contributed by atoms with Gasteiger partial charge in [-0.2, -0.15) is 0 Å². The Balaban J connectivity index is 2.60. The smallest absolute Gasteiger partial charge is 0.0558 e. The van der Waals surface area contributed by atoms with E-state index in [1.807, 2.05) is 0 Å². The van der Waals surface area contributed by atoms with Crippen LogP contribution in [0, 0.1) is 11.8 Å². The third-order valence-corrected chi connectivity index (χ3v) is 5.04. The molecule has 3 nitrogen and oxygen atoms in total. The van der Waals surface area contributed by atoms with Crippen molar-refractivity contribution in [2.75, 3.05) is 19.7 Å². The van der Waals surface area contributed by atoms with Crippen LogP contribution in [-0.2, 0) is 0 Å². The van der Waals surface area contributed by atoms with Crippen LogP contribution >= 0.6 is 0 Å². The number of nitrogens with zero attached hydrogens (tertiary/aromatic N) is 1. The van der Waals surface area contributed by atoms with Crippen molar-refractivity contribution in [3.63, 3.8) is 0 Å². The van der Waals surface area contributed by atoms with Crippen molar-refractivity contribution in [2.24, 2.45) is 17.6 Å². The van der Waals surface area contributed by atoms with Gasteiger partial charge in [0.05, 0.1) is 6.61 Å². The van der Waals surface area contributed by atoms with Crippen LogP contribution in [-0.4, -0.2) is 41.8 Å². The molecule has 0 aromatic heterocycles. The highest BCUT2D eigenvalue weighted by molar-refractivity contribution is 4.85. The van der Waals surface area contributed by atoms with Gasteiger partial charge in [-0.15, -0.1) is 0 Å². The molecule has 1 aliphatic carbocycles. The van der Waals surface area contributed by atoms with Crippen LogP contribution < -0.4 is 5.73 Å². The third kappa shape index (κ3) is 5.05. The van der Waals surface area contributed by atoms with E-state index in [2.05, 4.69) is 25.7 Å². The molecule has 3 N–H and O–H groups in total. The summed E-state index contributed by atoms with van der Waals surface area (Å²) >= 11 is 0. The fourth-order valence-electron chi connectivity index (χ4n) is 3.62. The third-order valence-electron chi connectivity index (χ3n) is 5.04. The van der Waals surface area contributed by atoms with E-state index in [0.717, 1.165) is 31.8 Å². The summed E-state index contributed by atoms with van der Waals surface area (Å²) < 4.78 is 0. The summed E-state index contributed by atoms with van der Waals surface area (Å²) in [5.74, 6) is 1.48. The summed E-state index contributed by atoms with van der Waals surface area (Å²) in [6.45, 7) is 8.92. The lowest BCUT2D eigenvalue weighted by atomic mass is 9.77. The minimum atomic E-state index is 0.260. The maximum absolute atomic E-state index is 9.30. The van der Waals surface area contributed by atoms with Crippen LogP contribution in [0.2, 0.25) is 0 Å². The Hall–Kier alpha value is -0.120. The molecule has 3 atom stereocenters. The van der Waals surface area contributed by atoms with Gasteiger partial charge in [0.2, 0.25) is 0 Å². The summed E-state index contributed by atoms with van der Waals surface area (Å²) in [5, 5.41) is 9.30. The second-order valence-corrected chi connectivity index (χ2v) is 6.20. The topological polar surface area (TPSA) is 49.5 Å². The van der Waals surface area contributed by atoms with E-state index in [1.165, 1.54) is 25.7 Å². The number of aliphatic hydroxyl groups excluding tert-OH is 1. The van der Waals surface area contributed by atoms with E-state index in [0.29, 0.717) is 18.0 Å². The average molecular weight is 270 g/mol. The minimum Gasteiger partial charge on any atom is -0.395 e. The first-order valence-electron chi connectivity index (χ1n) is 8.26. The Morgan fingerprint density at radius 3 is 2.42 bits per heavy atom. The highest BCUT2D eigenvalue weighted by atomic mass is 16.3. The SMILES string of the molecule is CCC1CCC(N)C(CN(CCO)C(CC)CC)C1. The molecule has 1 saturated carbocycles. The quantitative estimate of drug-likeness (QED) is 0.713. The van der Waals surface area contributed by atoms with Gasteiger partial charge in [0.1, 0.15) is 0 Å². The maximum Gasteiger partial charge on any atom is 0.0558 e. The Kier molecular flexibility index (Phi) is 7.96. The summed E-state index contributed by atoms with van der Waals surface area (Å²) in [6, 6.07) is 0.958. The summed E-state index contributed by atoms with van der Waals surface area (Å²) in [7, 11) is 0. The van der Waals surface area contributed by atoms with Crippen LogP contribution in [0.1, 0.15) is 59.3 Å². The van der Waals surface area contributed by atoms with Gasteiger partial charge in [-0.3, -0.25) is 4.90 Å². The van der Waals surface area contributed by atoms with Gasteiger partial charge in [0.15, 0.2) is 0 Å². The van der Waals surface area contributed by atoms with Gasteiger partial charge in [-0.25, -0.2) is 0 Å². The first kappa shape index (κ1) is 16.9. The van der Waals surface area contributed by atoms with Crippen molar-refractivity contribution < 1.29 is 5.11 Å². The highest BCUT2D eigenvalue weighted by Gasteiger charge is 2.29. The zero-order valence-electron chi connectivity index (χ0n) is 13.1. The van der Waals surface area contributed by atoms with Crippen LogP contribution in [0.3, 0.4) is 0 Å². The first-order valence-corrected chi connectivity index (χ1v) is 8.26. The zero-order chi connectivity index (χ0) is 14.3. The molecular formula is C16H34N2O. The number of aliphatic hydroxyl groups is 1. The molecule has 1 aliphatic rings. The molecule has 0 aliphatic heterocycles. The molecular weight excluding hydrogens is 236 g/mol. The lowest BCUT2D eigenvalue weighted by molar-refractivity contribution is 0.0951. The standard InChI is InChI=1S/C16H34N2O/c1-4-13-7-8-16(17)14(11-13)12-18(9-10-19)15(5-2)6-3/h13-16,19H,4-12,17H2,1-3H3. The summed E-state index contributed by atoms with van der Waals surface area (Å²) in [4.78, 5) is 2.47. The van der Waals surface area contributed by atoms with Crippen LogP contribution in [0.5, 0.6) is 0 Å². The minimum absolute atomic E-state index is 0.260. The normalized spacial score (nSPS) is 28.3. The molecule has 0 heterocycles. The average Bonchev–Trinajstić information content (AvgIpc) is 2.42. The molecule has 0 spiro atoms. The van der Waals surface area contributed by atoms with Crippen molar-refractivity contribution in [2.45, 2.75) is 71.4 Å². The van der Waals surface area contributed by atoms with Crippen molar-refractivity contribution in [1.29, 1.82) is 0 Å². The van der Waals surface area contributed by atoms with Gasteiger partial charge in [-0.05, 0) is 43.9 Å². The first-order chi connectivity index (χ1) is 9.15. The predicted molar refractivity (Wildman–Crippen MR) is 82.1 cm³/mol. The van der Waals surface area contributed by atoms with E-state index in [4.69, 9.17) is 5.73 Å². The Morgan fingerprint density at radius 2 is 1.89 bits per heavy atom. The number of hydrogen-bond donors (Lipinski definition) is 2. The largest absolute Gasteiger partial charge is 0.395 e. The number of rotatable bonds is 8. The van der Waals surface area contributed by atoms with E-state index < -0.39 is 0 Å². The van der Waals surface area contributed by atoms with Crippen molar-refractivity contribution in [1.82, 2.24) is 4.90 Å². The second-order valence-electron chi connectivity index (χ2n) is 6.20. The Labute approximate surface area is 119 Å². The van der Waals surface area contributed by atoms with Gasteiger partial charge in [-0.1, -0.05) is 27.2 Å². The molecule has 1 rings (SSSR count). The van der Waals surface area contributed by atoms with E-state index in [1.54, 1.807) is 0 Å². The van der Waals surface area contributed by atoms with Gasteiger partial charge >= 0.3 is 0 Å². The lowest BCUT2D eigenvalue weighted by Crippen LogP contribution is -2.47. The maximum atomic E-state index is 9.30. The summed E-state index contributed by atoms with van der Waals surface area (Å²) in [5.41, 5.74) is 6.33. The Morgan fingerprint density at radius 1 is 1.21 bits per heavy atom. The van der Waals surface area contributed by atoms with E-state index in [-0.39, 0.29) is 6.61 Å². The van der Waals surface area contributed by atoms with Crippen LogP contribution in [0.25, 0.3) is 0 Å². The van der Waals surface area contributed by atoms with Gasteiger partial charge < -0.3 is 10.8 Å². The fourth-order valence-corrected chi connectivity index (χ4v) is 3.62. The van der Waals surface area contributed by atoms with Gasteiger partial charge in [0.25, 0.3) is 0 Å². The molecule has 0 bridgehead atoms. The molecule has 3 heteroatoms. The molecule has 0 amide bonds. The molecule has 0 radical (unpaired) electrons. The molecule has 0 aromatic carbocycles. The van der Waals surface area contributed by atoms with E-state index >= 15 is 0 Å². The van der Waals surface area contributed by atoms with Crippen LogP contribution in [0.15, 0.2) is 0 Å². The number of nitrogens with two attached hydrogens (primary N) is 1. The summed E-state index contributed by atoms with van der Waals surface area (Å²) in [6.07, 6.45) is 7.37. The molecule has 3 unspecified atom stereocenters. The molecule has 0 saturated heterocycles. The predicted octanol–water partition coefficient (Wildman–Crippen LogP) is 2.62. The second kappa shape index (κ2) is 8.93. The molecule has 19 heavy (non-hydrogen) atoms. The monoisotopic (exact) mass is 270 g/mol. The molecule has 114 valence electrons. The molecule has 0 aromatic rings. The number of hydrogen-bond acceptors (Lipinski definition) is 3. The fraction of sp³-hybridized carbons (Fsp3) is 1.00. The van der Waals surface area contributed by atoms with Crippen molar-refractivity contribution in [3.8, 4) is 0 Å². The zero-order valence-corrected chi connectivity index (χ0v) is 13.1. The lowest BCUT2D eigenvalue weighted by Gasteiger charge is -2.39. The molecule has 1 fully saturated rings. The van der Waals surface area contributed by atoms with Crippen molar-refractivity contribution >= 4 is 0 Å².